The first-order chi connectivity index (χ1) is 16.7. The molecule has 0 aromatic carbocycles. The van der Waals surface area contributed by atoms with Crippen LogP contribution in [0.4, 0.5) is 9.59 Å². The molecule has 1 aliphatic carbocycles. The highest BCUT2D eigenvalue weighted by molar-refractivity contribution is 9.11. The summed E-state index contributed by atoms with van der Waals surface area (Å²) in [6.07, 6.45) is 6.43. The van der Waals surface area contributed by atoms with E-state index in [1.807, 2.05) is 64.7 Å². The average molecular weight is 568 g/mol. The number of nitrogens with one attached hydrogen (secondary N) is 1. The quantitative estimate of drug-likeness (QED) is 0.543. The Morgan fingerprint density at radius 1 is 1.06 bits per heavy atom. The highest BCUT2D eigenvalue weighted by atomic mass is 79.9. The van der Waals surface area contributed by atoms with E-state index in [2.05, 4.69) is 26.1 Å². The molecule has 0 atom stereocenters. The summed E-state index contributed by atoms with van der Waals surface area (Å²) in [6.45, 7) is 14.6. The zero-order valence-electron chi connectivity index (χ0n) is 22.2. The van der Waals surface area contributed by atoms with Crippen LogP contribution in [-0.4, -0.2) is 83.3 Å². The number of rotatable bonds is 4. The Balaban J connectivity index is 1.50. The van der Waals surface area contributed by atoms with Gasteiger partial charge in [0, 0.05) is 60.9 Å². The van der Waals surface area contributed by atoms with E-state index in [0.29, 0.717) is 45.6 Å². The maximum Gasteiger partial charge on any atom is 0.411 e. The molecule has 10 heteroatoms. The number of halogens is 1. The fourth-order valence-corrected chi connectivity index (χ4v) is 4.61. The topological polar surface area (TPSA) is 91.4 Å². The molecule has 2 saturated heterocycles. The Bertz CT molecular complexity index is 954. The molecule has 3 amide bonds. The molecule has 9 nitrogen and oxygen atoms in total. The van der Waals surface area contributed by atoms with Gasteiger partial charge in [-0.25, -0.2) is 9.59 Å². The van der Waals surface area contributed by atoms with E-state index in [1.165, 1.54) is 0 Å². The van der Waals surface area contributed by atoms with Gasteiger partial charge in [-0.2, -0.15) is 0 Å². The number of hydrogen-bond donors (Lipinski definition) is 1. The fraction of sp³-hybridized carbons (Fsp3) is 0.654. The van der Waals surface area contributed by atoms with Crippen molar-refractivity contribution in [3.8, 4) is 0 Å². The molecule has 2 heterocycles. The largest absolute Gasteiger partial charge is 0.444 e. The standard InChI is InChI=1S/C26H39BrN4O5/c1-25(2,3)35-23(33)28-21-11-10-19(8-7-9-20(21)27)29-12-13-30(22(32)17-29)14-18-15-31(16-18)24(34)36-26(4,5)6/h7-8,10,18H,9,11-17H2,1-6H3,(H,28,33)/b8-7+,19-10+,21-20-. The van der Waals surface area contributed by atoms with E-state index in [0.717, 1.165) is 22.4 Å². The normalized spacial score (nSPS) is 24.2. The number of carbonyl (C=O) groups is 3. The van der Waals surface area contributed by atoms with Gasteiger partial charge in [-0.15, -0.1) is 0 Å². The number of nitrogens with zero attached hydrogens (tertiary/aromatic N) is 3. The summed E-state index contributed by atoms with van der Waals surface area (Å²) in [7, 11) is 0. The van der Waals surface area contributed by atoms with Gasteiger partial charge in [-0.05, 0) is 54.0 Å². The van der Waals surface area contributed by atoms with Crippen molar-refractivity contribution in [2.24, 2.45) is 5.92 Å². The lowest BCUT2D eigenvalue weighted by molar-refractivity contribution is -0.136. The Labute approximate surface area is 222 Å². The molecule has 0 aromatic heterocycles. The molecule has 0 saturated carbocycles. The van der Waals surface area contributed by atoms with E-state index in [1.54, 1.807) is 4.90 Å². The van der Waals surface area contributed by atoms with Crippen molar-refractivity contribution in [2.45, 2.75) is 65.6 Å². The third kappa shape index (κ3) is 8.28. The first-order valence-corrected chi connectivity index (χ1v) is 13.2. The van der Waals surface area contributed by atoms with Crippen LogP contribution < -0.4 is 5.32 Å². The highest BCUT2D eigenvalue weighted by Crippen LogP contribution is 2.25. The van der Waals surface area contributed by atoms with Crippen LogP contribution in [0.1, 0.15) is 54.4 Å². The fourth-order valence-electron chi connectivity index (χ4n) is 4.17. The third-order valence-corrected chi connectivity index (χ3v) is 6.65. The SMILES string of the molecule is CC(C)(C)OC(=O)N/C1=C(\Br)C/C=C/C(N2CCN(CC3CN(C(=O)OC(C)(C)C)C3)C(=O)C2)=C\C1. The van der Waals surface area contributed by atoms with Gasteiger partial charge in [-0.1, -0.05) is 28.1 Å². The van der Waals surface area contributed by atoms with Crippen molar-refractivity contribution in [1.82, 2.24) is 20.0 Å². The van der Waals surface area contributed by atoms with Crippen molar-refractivity contribution < 1.29 is 23.9 Å². The van der Waals surface area contributed by atoms with Gasteiger partial charge < -0.3 is 24.2 Å². The minimum absolute atomic E-state index is 0.0807. The molecule has 3 aliphatic rings. The first-order valence-electron chi connectivity index (χ1n) is 12.4. The zero-order chi connectivity index (χ0) is 26.7. The summed E-state index contributed by atoms with van der Waals surface area (Å²) in [4.78, 5) is 43.0. The van der Waals surface area contributed by atoms with Gasteiger partial charge in [0.05, 0.1) is 6.54 Å². The number of hydrogen-bond acceptors (Lipinski definition) is 6. The van der Waals surface area contributed by atoms with Crippen molar-refractivity contribution in [3.63, 3.8) is 0 Å². The summed E-state index contributed by atoms with van der Waals surface area (Å²) in [5.74, 6) is 0.356. The van der Waals surface area contributed by atoms with Gasteiger partial charge in [-0.3, -0.25) is 10.1 Å². The van der Waals surface area contributed by atoms with Crippen molar-refractivity contribution in [3.05, 3.63) is 34.1 Å². The predicted octanol–water partition coefficient (Wildman–Crippen LogP) is 4.36. The van der Waals surface area contributed by atoms with Crippen molar-refractivity contribution in [2.75, 3.05) is 39.3 Å². The summed E-state index contributed by atoms with van der Waals surface area (Å²) in [5, 5.41) is 2.85. The molecule has 2 aliphatic heterocycles. The monoisotopic (exact) mass is 566 g/mol. The number of ether oxygens (including phenoxy) is 2. The second-order valence-corrected chi connectivity index (χ2v) is 12.4. The lowest BCUT2D eigenvalue weighted by atomic mass is 9.99. The minimum Gasteiger partial charge on any atom is -0.444 e. The third-order valence-electron chi connectivity index (χ3n) is 5.85. The molecule has 1 N–H and O–H groups in total. The Kier molecular flexibility index (Phi) is 8.80. The highest BCUT2D eigenvalue weighted by Gasteiger charge is 2.36. The average Bonchev–Trinajstić information content (AvgIpc) is 2.68. The molecule has 0 bridgehead atoms. The summed E-state index contributed by atoms with van der Waals surface area (Å²) < 4.78 is 11.7. The maximum absolute atomic E-state index is 12.9. The summed E-state index contributed by atoms with van der Waals surface area (Å²) in [5.41, 5.74) is 0.627. The maximum atomic E-state index is 12.9. The van der Waals surface area contributed by atoms with Crippen LogP contribution in [0.5, 0.6) is 0 Å². The van der Waals surface area contributed by atoms with Crippen LogP contribution in [-0.2, 0) is 14.3 Å². The van der Waals surface area contributed by atoms with E-state index in [-0.39, 0.29) is 17.9 Å². The molecular weight excluding hydrogens is 528 g/mol. The molecular formula is C26H39BrN4O5. The van der Waals surface area contributed by atoms with Gasteiger partial charge in [0.1, 0.15) is 11.2 Å². The lowest BCUT2D eigenvalue weighted by Crippen LogP contribution is -2.58. The van der Waals surface area contributed by atoms with Crippen molar-refractivity contribution in [1.29, 1.82) is 0 Å². The molecule has 0 unspecified atom stereocenters. The second-order valence-electron chi connectivity index (χ2n) is 11.5. The predicted molar refractivity (Wildman–Crippen MR) is 141 cm³/mol. The van der Waals surface area contributed by atoms with Crippen LogP contribution in [0, 0.1) is 5.92 Å². The van der Waals surface area contributed by atoms with E-state index >= 15 is 0 Å². The second kappa shape index (κ2) is 11.3. The molecule has 0 aromatic rings. The van der Waals surface area contributed by atoms with Crippen LogP contribution in [0.15, 0.2) is 34.1 Å². The number of amides is 3. The van der Waals surface area contributed by atoms with E-state index in [4.69, 9.17) is 9.47 Å². The van der Waals surface area contributed by atoms with E-state index in [9.17, 15) is 14.4 Å². The molecule has 2 fully saturated rings. The number of alkyl carbamates (subject to hydrolysis) is 1. The number of allylic oxidation sites excluding steroid dienone is 4. The molecule has 0 radical (unpaired) electrons. The first kappa shape index (κ1) is 28.1. The Morgan fingerprint density at radius 3 is 2.33 bits per heavy atom. The summed E-state index contributed by atoms with van der Waals surface area (Å²) in [6, 6.07) is 0. The van der Waals surface area contributed by atoms with E-state index < -0.39 is 17.3 Å². The van der Waals surface area contributed by atoms with Crippen LogP contribution in [0.2, 0.25) is 0 Å². The van der Waals surface area contributed by atoms with Gasteiger partial charge in [0.2, 0.25) is 5.91 Å². The van der Waals surface area contributed by atoms with Crippen molar-refractivity contribution >= 4 is 34.0 Å². The Morgan fingerprint density at radius 2 is 1.72 bits per heavy atom. The molecule has 200 valence electrons. The smallest absolute Gasteiger partial charge is 0.411 e. The lowest BCUT2D eigenvalue weighted by Gasteiger charge is -2.44. The number of likely N-dealkylation sites (tertiary alicyclic amines) is 1. The van der Waals surface area contributed by atoms with Crippen LogP contribution in [0.25, 0.3) is 0 Å². The van der Waals surface area contributed by atoms with Crippen LogP contribution >= 0.6 is 15.9 Å². The molecule has 3 rings (SSSR count). The molecule has 0 spiro atoms. The summed E-state index contributed by atoms with van der Waals surface area (Å²) >= 11 is 3.57. The minimum atomic E-state index is -0.576. The van der Waals surface area contributed by atoms with Gasteiger partial charge in [0.25, 0.3) is 0 Å². The van der Waals surface area contributed by atoms with Gasteiger partial charge >= 0.3 is 12.2 Å². The Hall–Kier alpha value is -2.49. The van der Waals surface area contributed by atoms with Gasteiger partial charge in [0.15, 0.2) is 0 Å². The number of piperazine rings is 1. The zero-order valence-corrected chi connectivity index (χ0v) is 23.8. The molecule has 36 heavy (non-hydrogen) atoms. The van der Waals surface area contributed by atoms with Crippen LogP contribution in [0.3, 0.4) is 0 Å². The number of carbonyl (C=O) groups excluding carboxylic acids is 3.